The number of amides is 1. The standard InChI is InChI=1S/C20H29NO3/c1-15(2)20(19(23)24)12-13-21(14-20)18(22)16(3)8-7-11-17-9-5-4-6-10-17/h4-6,9-10,15-16H,7-8,11-14H2,1-3H3,(H,23,24). The van der Waals surface area contributed by atoms with Crippen molar-refractivity contribution in [3.8, 4) is 0 Å². The predicted molar refractivity (Wildman–Crippen MR) is 94.6 cm³/mol. The van der Waals surface area contributed by atoms with Crippen LogP contribution in [0.25, 0.3) is 0 Å². The summed E-state index contributed by atoms with van der Waals surface area (Å²) in [5.74, 6) is -0.692. The van der Waals surface area contributed by atoms with Gasteiger partial charge in [0.05, 0.1) is 5.41 Å². The number of aliphatic carboxylic acids is 1. The molecule has 1 N–H and O–H groups in total. The van der Waals surface area contributed by atoms with Crippen molar-refractivity contribution in [1.29, 1.82) is 0 Å². The number of nitrogens with zero attached hydrogens (tertiary/aromatic N) is 1. The number of hydrogen-bond donors (Lipinski definition) is 1. The van der Waals surface area contributed by atoms with Crippen molar-refractivity contribution in [3.63, 3.8) is 0 Å². The molecule has 1 fully saturated rings. The van der Waals surface area contributed by atoms with E-state index in [-0.39, 0.29) is 17.7 Å². The van der Waals surface area contributed by atoms with Crippen LogP contribution in [0.1, 0.15) is 45.6 Å². The lowest BCUT2D eigenvalue weighted by molar-refractivity contribution is -0.151. The second-order valence-electron chi connectivity index (χ2n) is 7.40. The van der Waals surface area contributed by atoms with Crippen molar-refractivity contribution in [2.24, 2.45) is 17.3 Å². The molecule has 1 aliphatic heterocycles. The largest absolute Gasteiger partial charge is 0.481 e. The minimum absolute atomic E-state index is 0.0289. The zero-order valence-electron chi connectivity index (χ0n) is 15.0. The Bertz CT molecular complexity index is 570. The number of aryl methyl sites for hydroxylation is 1. The third kappa shape index (κ3) is 3.97. The third-order valence-corrected chi connectivity index (χ3v) is 5.51. The number of likely N-dealkylation sites (tertiary alicyclic amines) is 1. The lowest BCUT2D eigenvalue weighted by Gasteiger charge is -2.29. The topological polar surface area (TPSA) is 57.6 Å². The van der Waals surface area contributed by atoms with Gasteiger partial charge < -0.3 is 10.0 Å². The van der Waals surface area contributed by atoms with Crippen LogP contribution in [0.5, 0.6) is 0 Å². The molecule has 24 heavy (non-hydrogen) atoms. The maximum atomic E-state index is 12.7. The highest BCUT2D eigenvalue weighted by molar-refractivity contribution is 5.82. The lowest BCUT2D eigenvalue weighted by Crippen LogP contribution is -2.41. The Morgan fingerprint density at radius 1 is 1.21 bits per heavy atom. The average molecular weight is 331 g/mol. The van der Waals surface area contributed by atoms with Crippen LogP contribution in [0.15, 0.2) is 30.3 Å². The normalized spacial score (nSPS) is 21.9. The molecular formula is C20H29NO3. The van der Waals surface area contributed by atoms with E-state index in [4.69, 9.17) is 0 Å². The summed E-state index contributed by atoms with van der Waals surface area (Å²) >= 11 is 0. The van der Waals surface area contributed by atoms with Crippen LogP contribution in [0.4, 0.5) is 0 Å². The van der Waals surface area contributed by atoms with Gasteiger partial charge in [-0.2, -0.15) is 0 Å². The van der Waals surface area contributed by atoms with Crippen LogP contribution in [0, 0.1) is 17.3 Å². The Balaban J connectivity index is 1.86. The van der Waals surface area contributed by atoms with Gasteiger partial charge in [0.2, 0.25) is 5.91 Å². The molecule has 1 amide bonds. The summed E-state index contributed by atoms with van der Waals surface area (Å²) in [6.45, 7) is 6.74. The maximum absolute atomic E-state index is 12.7. The summed E-state index contributed by atoms with van der Waals surface area (Å²) < 4.78 is 0. The molecule has 2 unspecified atom stereocenters. The summed E-state index contributed by atoms with van der Waals surface area (Å²) in [4.78, 5) is 26.1. The molecule has 4 nitrogen and oxygen atoms in total. The van der Waals surface area contributed by atoms with Crippen molar-refractivity contribution in [2.45, 2.75) is 46.5 Å². The van der Waals surface area contributed by atoms with Gasteiger partial charge in [0.1, 0.15) is 0 Å². The highest BCUT2D eigenvalue weighted by Crippen LogP contribution is 2.38. The molecule has 0 spiro atoms. The fourth-order valence-electron chi connectivity index (χ4n) is 3.61. The minimum atomic E-state index is -0.778. The van der Waals surface area contributed by atoms with Gasteiger partial charge in [-0.25, -0.2) is 0 Å². The zero-order chi connectivity index (χ0) is 17.7. The van der Waals surface area contributed by atoms with Crippen molar-refractivity contribution < 1.29 is 14.7 Å². The van der Waals surface area contributed by atoms with Gasteiger partial charge in [-0.3, -0.25) is 9.59 Å². The van der Waals surface area contributed by atoms with E-state index in [1.54, 1.807) is 4.90 Å². The van der Waals surface area contributed by atoms with Crippen LogP contribution >= 0.6 is 0 Å². The third-order valence-electron chi connectivity index (χ3n) is 5.51. The van der Waals surface area contributed by atoms with Crippen molar-refractivity contribution in [1.82, 2.24) is 4.90 Å². The summed E-state index contributed by atoms with van der Waals surface area (Å²) in [6, 6.07) is 10.3. The van der Waals surface area contributed by atoms with E-state index >= 15 is 0 Å². The molecule has 0 radical (unpaired) electrons. The van der Waals surface area contributed by atoms with Crippen LogP contribution in [-0.2, 0) is 16.0 Å². The first-order valence-electron chi connectivity index (χ1n) is 8.93. The summed E-state index contributed by atoms with van der Waals surface area (Å²) in [5, 5.41) is 9.60. The van der Waals surface area contributed by atoms with Gasteiger partial charge in [0.25, 0.3) is 0 Å². The number of carbonyl (C=O) groups excluding carboxylic acids is 1. The molecule has 1 saturated heterocycles. The number of benzene rings is 1. The van der Waals surface area contributed by atoms with Crippen LogP contribution in [0.2, 0.25) is 0 Å². The first kappa shape index (κ1) is 18.5. The Morgan fingerprint density at radius 3 is 2.42 bits per heavy atom. The van der Waals surface area contributed by atoms with Gasteiger partial charge in [0, 0.05) is 19.0 Å². The van der Waals surface area contributed by atoms with Crippen LogP contribution in [-0.4, -0.2) is 35.0 Å². The molecular weight excluding hydrogens is 302 g/mol. The Kier molecular flexibility index (Phi) is 6.03. The summed E-state index contributed by atoms with van der Waals surface area (Å²) in [7, 11) is 0. The molecule has 132 valence electrons. The van der Waals surface area contributed by atoms with Crippen LogP contribution < -0.4 is 0 Å². The second kappa shape index (κ2) is 7.82. The predicted octanol–water partition coefficient (Wildman–Crippen LogP) is 3.60. The molecule has 2 atom stereocenters. The Labute approximate surface area is 144 Å². The van der Waals surface area contributed by atoms with E-state index in [1.807, 2.05) is 39.0 Å². The first-order valence-corrected chi connectivity index (χ1v) is 8.93. The fourth-order valence-corrected chi connectivity index (χ4v) is 3.61. The second-order valence-corrected chi connectivity index (χ2v) is 7.40. The smallest absolute Gasteiger partial charge is 0.311 e. The molecule has 0 saturated carbocycles. The van der Waals surface area contributed by atoms with Crippen molar-refractivity contribution in [2.75, 3.05) is 13.1 Å². The number of hydrogen-bond acceptors (Lipinski definition) is 2. The van der Waals surface area contributed by atoms with Gasteiger partial charge in [-0.05, 0) is 37.2 Å². The highest BCUT2D eigenvalue weighted by atomic mass is 16.4. The average Bonchev–Trinajstić information content (AvgIpc) is 3.02. The molecule has 1 aromatic rings. The number of carboxylic acids is 1. The fraction of sp³-hybridized carbons (Fsp3) is 0.600. The van der Waals surface area contributed by atoms with Crippen LogP contribution in [0.3, 0.4) is 0 Å². The Morgan fingerprint density at radius 2 is 1.88 bits per heavy atom. The van der Waals surface area contributed by atoms with E-state index < -0.39 is 11.4 Å². The Hall–Kier alpha value is -1.84. The number of rotatable bonds is 7. The zero-order valence-corrected chi connectivity index (χ0v) is 15.0. The maximum Gasteiger partial charge on any atom is 0.311 e. The van der Waals surface area contributed by atoms with E-state index in [0.717, 1.165) is 19.3 Å². The van der Waals surface area contributed by atoms with E-state index in [0.29, 0.717) is 19.5 Å². The quantitative estimate of drug-likeness (QED) is 0.830. The van der Waals surface area contributed by atoms with Gasteiger partial charge in [0.15, 0.2) is 0 Å². The molecule has 1 aromatic carbocycles. The first-order chi connectivity index (χ1) is 11.4. The molecule has 0 aliphatic carbocycles. The van der Waals surface area contributed by atoms with Gasteiger partial charge in [-0.15, -0.1) is 0 Å². The van der Waals surface area contributed by atoms with Gasteiger partial charge in [-0.1, -0.05) is 51.1 Å². The van der Waals surface area contributed by atoms with E-state index in [2.05, 4.69) is 12.1 Å². The monoisotopic (exact) mass is 331 g/mol. The molecule has 4 heteroatoms. The summed E-state index contributed by atoms with van der Waals surface area (Å²) in [5.41, 5.74) is 0.516. The minimum Gasteiger partial charge on any atom is -0.481 e. The number of carbonyl (C=O) groups is 2. The highest BCUT2D eigenvalue weighted by Gasteiger charge is 2.48. The van der Waals surface area contributed by atoms with E-state index in [1.165, 1.54) is 5.56 Å². The molecule has 1 heterocycles. The summed E-state index contributed by atoms with van der Waals surface area (Å²) in [6.07, 6.45) is 3.34. The molecule has 1 aliphatic rings. The molecule has 2 rings (SSSR count). The van der Waals surface area contributed by atoms with Gasteiger partial charge >= 0.3 is 5.97 Å². The SMILES string of the molecule is CC(CCCc1ccccc1)C(=O)N1CCC(C(=O)O)(C(C)C)C1. The molecule has 0 bridgehead atoms. The number of carboxylic acid groups (broad SMARTS) is 1. The molecule has 0 aromatic heterocycles. The van der Waals surface area contributed by atoms with E-state index in [9.17, 15) is 14.7 Å². The lowest BCUT2D eigenvalue weighted by atomic mass is 9.76. The van der Waals surface area contributed by atoms with Crippen molar-refractivity contribution in [3.05, 3.63) is 35.9 Å². The van der Waals surface area contributed by atoms with Crippen molar-refractivity contribution >= 4 is 11.9 Å².